The van der Waals surface area contributed by atoms with E-state index < -0.39 is 6.10 Å². The molecule has 0 unspecified atom stereocenters. The molecule has 0 amide bonds. The van der Waals surface area contributed by atoms with Gasteiger partial charge in [0.1, 0.15) is 0 Å². The van der Waals surface area contributed by atoms with Crippen LogP contribution in [-0.2, 0) is 9.53 Å². The predicted octanol–water partition coefficient (Wildman–Crippen LogP) is 5.61. The largest absolute Gasteiger partial charge is 0.469 e. The minimum absolute atomic E-state index is 0.230. The van der Waals surface area contributed by atoms with Crippen LogP contribution in [0.25, 0.3) is 0 Å². The molecule has 0 saturated heterocycles. The molecule has 0 aromatic rings. The number of carbonyl (C=O) groups excluding carboxylic acids is 1. The number of esters is 1. The Hall–Kier alpha value is -2.13. The lowest BCUT2D eigenvalue weighted by Gasteiger charge is -2.02. The lowest BCUT2D eigenvalue weighted by molar-refractivity contribution is -0.141. The van der Waals surface area contributed by atoms with Crippen LogP contribution >= 0.6 is 0 Å². The number of hydrogen-bond acceptors (Lipinski definition) is 3. The molecule has 0 aliphatic carbocycles. The molecule has 26 heavy (non-hydrogen) atoms. The minimum Gasteiger partial charge on any atom is -0.469 e. The molecule has 0 rings (SSSR count). The number of methoxy groups -OCH3 is 1. The van der Waals surface area contributed by atoms with Crippen molar-refractivity contribution < 1.29 is 14.6 Å². The first-order chi connectivity index (χ1) is 12.7. The topological polar surface area (TPSA) is 46.5 Å². The van der Waals surface area contributed by atoms with Crippen molar-refractivity contribution in [2.24, 2.45) is 0 Å². The Kier molecular flexibility index (Phi) is 17.6. The number of rotatable bonds is 14. The summed E-state index contributed by atoms with van der Waals surface area (Å²) in [6.45, 7) is 2.14. The molecule has 0 fully saturated rings. The second-order valence-electron chi connectivity index (χ2n) is 5.73. The first-order valence-electron chi connectivity index (χ1n) is 9.38. The van der Waals surface area contributed by atoms with Crippen molar-refractivity contribution in [1.82, 2.24) is 0 Å². The van der Waals surface area contributed by atoms with Crippen molar-refractivity contribution in [3.63, 3.8) is 0 Å². The molecule has 0 aromatic carbocycles. The molecular weight excluding hydrogens is 324 g/mol. The van der Waals surface area contributed by atoms with Gasteiger partial charge in [-0.3, -0.25) is 4.79 Å². The Bertz CT molecular complexity index is 508. The summed E-state index contributed by atoms with van der Waals surface area (Å²) in [4.78, 5) is 11.0. The molecule has 0 aromatic heterocycles. The van der Waals surface area contributed by atoms with Crippen LogP contribution in [0.2, 0.25) is 0 Å². The lowest BCUT2D eigenvalue weighted by atomic mass is 10.2. The van der Waals surface area contributed by atoms with Crippen molar-refractivity contribution >= 4 is 5.97 Å². The molecule has 3 heteroatoms. The van der Waals surface area contributed by atoms with Crippen molar-refractivity contribution in [2.45, 2.75) is 58.0 Å². The van der Waals surface area contributed by atoms with Crippen LogP contribution in [0, 0.1) is 0 Å². The monoisotopic (exact) mass is 358 g/mol. The van der Waals surface area contributed by atoms with E-state index in [2.05, 4.69) is 60.3 Å². The van der Waals surface area contributed by atoms with Gasteiger partial charge in [0, 0.05) is 6.42 Å². The number of hydrogen-bond donors (Lipinski definition) is 1. The average Bonchev–Trinajstić information content (AvgIpc) is 2.65. The number of ether oxygens (including phenoxy) is 1. The normalized spacial score (nSPS) is 14.1. The lowest BCUT2D eigenvalue weighted by Crippen LogP contribution is -2.07. The molecular formula is C23H34O3. The van der Waals surface area contributed by atoms with Crippen LogP contribution in [-0.4, -0.2) is 24.3 Å². The van der Waals surface area contributed by atoms with Gasteiger partial charge in [0.2, 0.25) is 0 Å². The molecule has 0 aliphatic heterocycles. The SMILES string of the molecule is CC/C=C\C/C=C\C/C=C\C/C=C\C/C=C\C=C\[C@@H](O)CCC(=O)OC. The summed E-state index contributed by atoms with van der Waals surface area (Å²) in [7, 11) is 1.35. The molecule has 144 valence electrons. The van der Waals surface area contributed by atoms with Gasteiger partial charge in [-0.25, -0.2) is 0 Å². The first-order valence-corrected chi connectivity index (χ1v) is 9.38. The van der Waals surface area contributed by atoms with Crippen LogP contribution in [0.4, 0.5) is 0 Å². The summed E-state index contributed by atoms with van der Waals surface area (Å²) in [6, 6.07) is 0. The van der Waals surface area contributed by atoms with Gasteiger partial charge in [0.15, 0.2) is 0 Å². The minimum atomic E-state index is -0.615. The summed E-state index contributed by atoms with van der Waals surface area (Å²) >= 11 is 0. The van der Waals surface area contributed by atoms with Gasteiger partial charge in [-0.2, -0.15) is 0 Å². The average molecular weight is 359 g/mol. The molecule has 1 N–H and O–H groups in total. The fourth-order valence-electron chi connectivity index (χ4n) is 1.97. The van der Waals surface area contributed by atoms with Crippen LogP contribution in [0.5, 0.6) is 0 Å². The van der Waals surface area contributed by atoms with Crippen LogP contribution < -0.4 is 0 Å². The molecule has 3 nitrogen and oxygen atoms in total. The third-order valence-electron chi connectivity index (χ3n) is 3.44. The summed E-state index contributed by atoms with van der Waals surface area (Å²) in [5, 5.41) is 9.65. The number of aliphatic hydroxyl groups is 1. The van der Waals surface area contributed by atoms with Gasteiger partial charge < -0.3 is 9.84 Å². The second-order valence-corrected chi connectivity index (χ2v) is 5.73. The van der Waals surface area contributed by atoms with Gasteiger partial charge in [-0.1, -0.05) is 79.8 Å². The van der Waals surface area contributed by atoms with E-state index in [0.717, 1.165) is 32.1 Å². The van der Waals surface area contributed by atoms with Gasteiger partial charge in [0.25, 0.3) is 0 Å². The summed E-state index contributed by atoms with van der Waals surface area (Å²) in [6.07, 6.45) is 29.7. The molecule has 0 aliphatic rings. The van der Waals surface area contributed by atoms with E-state index in [1.54, 1.807) is 12.2 Å². The second kappa shape index (κ2) is 19.2. The van der Waals surface area contributed by atoms with E-state index in [4.69, 9.17) is 0 Å². The summed E-state index contributed by atoms with van der Waals surface area (Å²) < 4.78 is 4.53. The predicted molar refractivity (Wildman–Crippen MR) is 111 cm³/mol. The van der Waals surface area contributed by atoms with E-state index >= 15 is 0 Å². The smallest absolute Gasteiger partial charge is 0.305 e. The zero-order chi connectivity index (χ0) is 19.3. The molecule has 1 atom stereocenters. The molecule has 0 saturated carbocycles. The Morgan fingerprint density at radius 2 is 1.35 bits per heavy atom. The highest BCUT2D eigenvalue weighted by atomic mass is 16.5. The quantitative estimate of drug-likeness (QED) is 0.249. The Labute approximate surface area is 159 Å². The fraction of sp³-hybridized carbons (Fsp3) is 0.435. The maximum atomic E-state index is 11.0. The highest BCUT2D eigenvalue weighted by Crippen LogP contribution is 2.00. The third-order valence-corrected chi connectivity index (χ3v) is 3.44. The van der Waals surface area contributed by atoms with E-state index in [0.29, 0.717) is 6.42 Å². The van der Waals surface area contributed by atoms with Crippen LogP contribution in [0.3, 0.4) is 0 Å². The van der Waals surface area contributed by atoms with Gasteiger partial charge in [0.05, 0.1) is 13.2 Å². The summed E-state index contributed by atoms with van der Waals surface area (Å²) in [5.41, 5.74) is 0. The van der Waals surface area contributed by atoms with Crippen molar-refractivity contribution in [2.75, 3.05) is 7.11 Å². The molecule has 0 bridgehead atoms. The Balaban J connectivity index is 3.69. The molecule has 0 heterocycles. The van der Waals surface area contributed by atoms with Crippen molar-refractivity contribution in [1.29, 1.82) is 0 Å². The highest BCUT2D eigenvalue weighted by Gasteiger charge is 2.04. The zero-order valence-corrected chi connectivity index (χ0v) is 16.2. The maximum Gasteiger partial charge on any atom is 0.305 e. The van der Waals surface area contributed by atoms with Crippen LogP contribution in [0.15, 0.2) is 72.9 Å². The van der Waals surface area contributed by atoms with Gasteiger partial charge in [-0.05, 0) is 38.5 Å². The molecule has 0 spiro atoms. The van der Waals surface area contributed by atoms with Crippen molar-refractivity contribution in [3.8, 4) is 0 Å². The van der Waals surface area contributed by atoms with Gasteiger partial charge >= 0.3 is 5.97 Å². The fourth-order valence-corrected chi connectivity index (χ4v) is 1.97. The summed E-state index contributed by atoms with van der Waals surface area (Å²) in [5.74, 6) is -0.299. The Morgan fingerprint density at radius 1 is 0.846 bits per heavy atom. The third kappa shape index (κ3) is 18.2. The zero-order valence-electron chi connectivity index (χ0n) is 16.2. The highest BCUT2D eigenvalue weighted by molar-refractivity contribution is 5.69. The number of allylic oxidation sites excluding steroid dienone is 11. The first kappa shape index (κ1) is 23.9. The standard InChI is InChI=1S/C23H34O3/c1-3-4-5-6-7-8-9-10-11-12-13-14-15-16-17-18-19-22(24)20-21-23(25)26-2/h4-5,7-8,10-11,13-14,16-19,22,24H,3,6,9,12,15,20-21H2,1-2H3/b5-4-,8-7-,11-10-,14-13-,17-16-,19-18+/t22-/m1/s1. The number of aliphatic hydroxyl groups excluding tert-OH is 1. The Morgan fingerprint density at radius 3 is 1.85 bits per heavy atom. The number of carbonyl (C=O) groups is 1. The maximum absolute atomic E-state index is 11.0. The van der Waals surface area contributed by atoms with Crippen LogP contribution in [0.1, 0.15) is 51.9 Å². The van der Waals surface area contributed by atoms with E-state index in [-0.39, 0.29) is 12.4 Å². The van der Waals surface area contributed by atoms with E-state index in [1.165, 1.54) is 7.11 Å². The van der Waals surface area contributed by atoms with E-state index in [9.17, 15) is 9.90 Å². The van der Waals surface area contributed by atoms with Gasteiger partial charge in [-0.15, -0.1) is 0 Å². The van der Waals surface area contributed by atoms with E-state index in [1.807, 2.05) is 12.2 Å². The van der Waals surface area contributed by atoms with Crippen molar-refractivity contribution in [3.05, 3.63) is 72.9 Å². The molecule has 0 radical (unpaired) electrons.